The first kappa shape index (κ1) is 21.2. The third-order valence-corrected chi connectivity index (χ3v) is 8.20. The summed E-state index contributed by atoms with van der Waals surface area (Å²) in [5, 5.41) is 17.5. The second-order valence-corrected chi connectivity index (χ2v) is 9.94. The summed E-state index contributed by atoms with van der Waals surface area (Å²) in [5.74, 6) is -0.141. The topological polar surface area (TPSA) is 102 Å². The molecule has 2 aliphatic heterocycles. The number of methoxy groups -OCH3 is 1. The van der Waals surface area contributed by atoms with E-state index in [0.717, 1.165) is 14.8 Å². The number of esters is 1. The Morgan fingerprint density at radius 3 is 2.77 bits per heavy atom. The molecular formula is C19H19N3O5S3. The summed E-state index contributed by atoms with van der Waals surface area (Å²) in [4.78, 5) is 27.7. The maximum atomic E-state index is 12.9. The smallest absolute Gasteiger partial charge is 0.356 e. The molecule has 1 fully saturated rings. The van der Waals surface area contributed by atoms with E-state index < -0.39 is 18.0 Å². The Hall–Kier alpha value is -2.08. The van der Waals surface area contributed by atoms with Crippen LogP contribution in [-0.4, -0.2) is 56.4 Å². The van der Waals surface area contributed by atoms with Gasteiger partial charge in [0, 0.05) is 10.7 Å². The van der Waals surface area contributed by atoms with E-state index in [1.165, 1.54) is 39.8 Å². The van der Waals surface area contributed by atoms with Crippen LogP contribution in [0, 0.1) is 5.92 Å². The molecule has 0 spiro atoms. The van der Waals surface area contributed by atoms with Gasteiger partial charge in [-0.15, -0.1) is 22.0 Å². The van der Waals surface area contributed by atoms with Gasteiger partial charge in [-0.25, -0.2) is 4.79 Å². The maximum absolute atomic E-state index is 12.9. The summed E-state index contributed by atoms with van der Waals surface area (Å²) in [6.07, 6.45) is -0.780. The van der Waals surface area contributed by atoms with Crippen LogP contribution in [0.5, 0.6) is 5.75 Å². The van der Waals surface area contributed by atoms with Gasteiger partial charge in [0.15, 0.2) is 4.34 Å². The molecule has 1 unspecified atom stereocenters. The van der Waals surface area contributed by atoms with Gasteiger partial charge >= 0.3 is 5.97 Å². The largest absolute Gasteiger partial charge is 0.497 e. The van der Waals surface area contributed by atoms with Crippen molar-refractivity contribution >= 4 is 46.7 Å². The van der Waals surface area contributed by atoms with Gasteiger partial charge in [0.2, 0.25) is 5.91 Å². The van der Waals surface area contributed by atoms with Crippen LogP contribution in [0.1, 0.15) is 12.5 Å². The summed E-state index contributed by atoms with van der Waals surface area (Å²) < 4.78 is 11.4. The summed E-state index contributed by atoms with van der Waals surface area (Å²) in [6.45, 7) is 1.68. The van der Waals surface area contributed by atoms with E-state index in [2.05, 4.69) is 10.2 Å². The lowest BCUT2D eigenvalue weighted by molar-refractivity contribution is -0.158. The predicted octanol–water partition coefficient (Wildman–Crippen LogP) is 2.51. The molecule has 4 rings (SSSR count). The SMILES string of the molecule is COc1ccc(COC(=O)C2=C(CSc3nncs3)S[C@@H]3[C@H](C(C)O)C(=O)N23)cc1. The fraction of sp³-hybridized carbons (Fsp3) is 0.368. The Morgan fingerprint density at radius 2 is 2.13 bits per heavy atom. The fourth-order valence-corrected chi connectivity index (χ4v) is 6.43. The zero-order valence-electron chi connectivity index (χ0n) is 16.2. The first-order chi connectivity index (χ1) is 14.5. The third-order valence-electron chi connectivity index (χ3n) is 4.76. The Balaban J connectivity index is 1.49. The van der Waals surface area contributed by atoms with E-state index in [1.54, 1.807) is 31.7 Å². The van der Waals surface area contributed by atoms with Crippen LogP contribution in [-0.2, 0) is 20.9 Å². The molecule has 158 valence electrons. The number of benzene rings is 1. The molecule has 3 atom stereocenters. The van der Waals surface area contributed by atoms with Crippen LogP contribution < -0.4 is 4.74 Å². The first-order valence-corrected chi connectivity index (χ1v) is 11.8. The van der Waals surface area contributed by atoms with E-state index >= 15 is 0 Å². The molecule has 8 nitrogen and oxygen atoms in total. The normalized spacial score (nSPS) is 21.3. The number of hydrogen-bond donors (Lipinski definition) is 1. The third kappa shape index (κ3) is 4.07. The van der Waals surface area contributed by atoms with E-state index in [9.17, 15) is 14.7 Å². The molecule has 1 aromatic carbocycles. The molecule has 30 heavy (non-hydrogen) atoms. The molecular weight excluding hydrogens is 446 g/mol. The Morgan fingerprint density at radius 1 is 1.37 bits per heavy atom. The zero-order chi connectivity index (χ0) is 21.3. The quantitative estimate of drug-likeness (QED) is 0.358. The minimum Gasteiger partial charge on any atom is -0.497 e. The van der Waals surface area contributed by atoms with Crippen molar-refractivity contribution in [2.75, 3.05) is 12.9 Å². The highest BCUT2D eigenvalue weighted by atomic mass is 32.2. The predicted molar refractivity (Wildman–Crippen MR) is 114 cm³/mol. The van der Waals surface area contributed by atoms with E-state index in [0.29, 0.717) is 11.5 Å². The number of nitrogens with zero attached hydrogens (tertiary/aromatic N) is 3. The fourth-order valence-electron chi connectivity index (χ4n) is 3.24. The number of aliphatic hydroxyl groups is 1. The molecule has 1 N–H and O–H groups in total. The maximum Gasteiger partial charge on any atom is 0.356 e. The van der Waals surface area contributed by atoms with Gasteiger partial charge in [-0.2, -0.15) is 0 Å². The number of thioether (sulfide) groups is 2. The van der Waals surface area contributed by atoms with E-state index in [1.807, 2.05) is 12.1 Å². The van der Waals surface area contributed by atoms with Gasteiger partial charge < -0.3 is 14.6 Å². The molecule has 0 saturated carbocycles. The Labute approximate surface area is 185 Å². The summed E-state index contributed by atoms with van der Waals surface area (Å²) in [5.41, 5.74) is 2.72. The van der Waals surface area contributed by atoms with Crippen molar-refractivity contribution in [1.29, 1.82) is 0 Å². The molecule has 11 heteroatoms. The molecule has 0 bridgehead atoms. The lowest BCUT2D eigenvalue weighted by Crippen LogP contribution is -2.60. The van der Waals surface area contributed by atoms with Crippen molar-refractivity contribution in [2.45, 2.75) is 29.3 Å². The van der Waals surface area contributed by atoms with Crippen molar-refractivity contribution in [2.24, 2.45) is 5.92 Å². The monoisotopic (exact) mass is 465 g/mol. The lowest BCUT2D eigenvalue weighted by atomic mass is 9.92. The number of carbonyl (C=O) groups is 2. The minimum atomic E-state index is -0.780. The molecule has 0 aliphatic carbocycles. The number of fused-ring (bicyclic) bond motifs is 1. The number of amides is 1. The van der Waals surface area contributed by atoms with E-state index in [4.69, 9.17) is 9.47 Å². The van der Waals surface area contributed by atoms with Gasteiger partial charge in [-0.3, -0.25) is 9.69 Å². The average molecular weight is 466 g/mol. The number of hydrogen-bond acceptors (Lipinski definition) is 10. The molecule has 1 saturated heterocycles. The highest BCUT2D eigenvalue weighted by molar-refractivity contribution is 8.07. The van der Waals surface area contributed by atoms with Crippen LogP contribution in [0.15, 0.2) is 44.7 Å². The van der Waals surface area contributed by atoms with E-state index in [-0.39, 0.29) is 23.6 Å². The lowest BCUT2D eigenvalue weighted by Gasteiger charge is -2.43. The second-order valence-electron chi connectivity index (χ2n) is 6.67. The molecule has 0 radical (unpaired) electrons. The summed E-state index contributed by atoms with van der Waals surface area (Å²) in [7, 11) is 1.58. The van der Waals surface area contributed by atoms with Crippen LogP contribution >= 0.6 is 34.9 Å². The van der Waals surface area contributed by atoms with Crippen molar-refractivity contribution in [3.05, 3.63) is 45.9 Å². The van der Waals surface area contributed by atoms with Crippen LogP contribution in [0.4, 0.5) is 0 Å². The first-order valence-electron chi connectivity index (χ1n) is 9.09. The molecule has 3 heterocycles. The standard InChI is InChI=1S/C19H19N3O5S3/c1-10(23)14-16(24)22-15(13(30-17(14)22)8-28-19-21-20-9-29-19)18(25)27-7-11-3-5-12(26-2)6-4-11/h3-6,9-10,14,17,23H,7-8H2,1-2H3/t10?,14-,17-/m1/s1. The average Bonchev–Trinajstić information content (AvgIpc) is 3.36. The summed E-state index contributed by atoms with van der Waals surface area (Å²) in [6, 6.07) is 7.22. The second kappa shape index (κ2) is 8.96. The molecule has 2 aliphatic rings. The number of β-lactam (4-membered cyclic amide) rings is 1. The van der Waals surface area contributed by atoms with Crippen molar-refractivity contribution in [3.63, 3.8) is 0 Å². The Bertz CT molecular complexity index is 962. The number of aliphatic hydroxyl groups excluding tert-OH is 1. The van der Waals surface area contributed by atoms with Gasteiger partial charge in [0.1, 0.15) is 28.9 Å². The van der Waals surface area contributed by atoms with Gasteiger partial charge in [-0.05, 0) is 24.6 Å². The van der Waals surface area contributed by atoms with Crippen molar-refractivity contribution in [1.82, 2.24) is 15.1 Å². The highest BCUT2D eigenvalue weighted by Crippen LogP contribution is 2.51. The van der Waals surface area contributed by atoms with Gasteiger partial charge in [-0.1, -0.05) is 35.2 Å². The van der Waals surface area contributed by atoms with Crippen LogP contribution in [0.3, 0.4) is 0 Å². The van der Waals surface area contributed by atoms with Gasteiger partial charge in [0.25, 0.3) is 0 Å². The molecule has 1 aromatic heterocycles. The number of aromatic nitrogens is 2. The van der Waals surface area contributed by atoms with Crippen LogP contribution in [0.25, 0.3) is 0 Å². The number of rotatable bonds is 8. The zero-order valence-corrected chi connectivity index (χ0v) is 18.6. The Kier molecular flexibility index (Phi) is 6.32. The highest BCUT2D eigenvalue weighted by Gasteiger charge is 2.57. The molecule has 2 aromatic rings. The summed E-state index contributed by atoms with van der Waals surface area (Å²) >= 11 is 4.29. The number of carbonyl (C=O) groups excluding carboxylic acids is 2. The van der Waals surface area contributed by atoms with Crippen molar-refractivity contribution in [3.8, 4) is 5.75 Å². The van der Waals surface area contributed by atoms with Crippen LogP contribution in [0.2, 0.25) is 0 Å². The van der Waals surface area contributed by atoms with Gasteiger partial charge in [0.05, 0.1) is 19.1 Å². The molecule has 1 amide bonds. The van der Waals surface area contributed by atoms with Crippen molar-refractivity contribution < 1.29 is 24.2 Å². The minimum absolute atomic E-state index is 0.0837. The number of ether oxygens (including phenoxy) is 2.